The number of ketones is 1. The van der Waals surface area contributed by atoms with Gasteiger partial charge >= 0.3 is 0 Å². The van der Waals surface area contributed by atoms with Gasteiger partial charge in [0.1, 0.15) is 0 Å². The average molecular weight is 310 g/mol. The van der Waals surface area contributed by atoms with Gasteiger partial charge in [0.05, 0.1) is 0 Å². The molecule has 0 fully saturated rings. The molecule has 0 N–H and O–H groups in total. The second-order valence-electron chi connectivity index (χ2n) is 3.82. The molecule has 17 heavy (non-hydrogen) atoms. The van der Waals surface area contributed by atoms with Crippen LogP contribution < -0.4 is 0 Å². The van der Waals surface area contributed by atoms with E-state index in [0.29, 0.717) is 16.1 Å². The number of aryl methyl sites for hydroxylation is 1. The molecule has 0 atom stereocenters. The van der Waals surface area contributed by atoms with Crippen molar-refractivity contribution in [1.29, 1.82) is 0 Å². The van der Waals surface area contributed by atoms with Gasteiger partial charge in [-0.2, -0.15) is 0 Å². The lowest BCUT2D eigenvalue weighted by molar-refractivity contribution is 0.103. The minimum absolute atomic E-state index is 0.00255. The summed E-state index contributed by atoms with van der Waals surface area (Å²) in [4.78, 5) is 12.3. The highest BCUT2D eigenvalue weighted by molar-refractivity contribution is 9.10. The Bertz CT molecular complexity index is 561. The summed E-state index contributed by atoms with van der Waals surface area (Å²) in [5, 5.41) is 0.629. The molecule has 0 aliphatic heterocycles. The van der Waals surface area contributed by atoms with Gasteiger partial charge in [-0.15, -0.1) is 0 Å². The lowest BCUT2D eigenvalue weighted by Gasteiger charge is -2.05. The van der Waals surface area contributed by atoms with Crippen LogP contribution in [-0.2, 0) is 0 Å². The number of halogens is 2. The molecule has 2 aromatic carbocycles. The highest BCUT2D eigenvalue weighted by Crippen LogP contribution is 2.22. The average Bonchev–Trinajstić information content (AvgIpc) is 2.32. The predicted octanol–water partition coefficient (Wildman–Crippen LogP) is 4.64. The minimum Gasteiger partial charge on any atom is -0.289 e. The Kier molecular flexibility index (Phi) is 3.65. The molecule has 0 spiro atoms. The minimum atomic E-state index is -0.00255. The molecule has 2 rings (SSSR count). The molecule has 86 valence electrons. The van der Waals surface area contributed by atoms with Gasteiger partial charge in [-0.3, -0.25) is 4.79 Å². The van der Waals surface area contributed by atoms with E-state index in [1.54, 1.807) is 24.3 Å². The van der Waals surface area contributed by atoms with Crippen LogP contribution in [0.5, 0.6) is 0 Å². The molecule has 0 amide bonds. The SMILES string of the molecule is Cc1ccc(Br)c(C(=O)c2ccc(Cl)cc2)c1. The van der Waals surface area contributed by atoms with Gasteiger partial charge in [-0.1, -0.05) is 39.2 Å². The topological polar surface area (TPSA) is 17.1 Å². The first kappa shape index (κ1) is 12.3. The van der Waals surface area contributed by atoms with Gasteiger partial charge in [0.2, 0.25) is 0 Å². The highest BCUT2D eigenvalue weighted by atomic mass is 79.9. The summed E-state index contributed by atoms with van der Waals surface area (Å²) >= 11 is 9.19. The van der Waals surface area contributed by atoms with Crippen LogP contribution in [0.25, 0.3) is 0 Å². The van der Waals surface area contributed by atoms with Gasteiger partial charge < -0.3 is 0 Å². The smallest absolute Gasteiger partial charge is 0.194 e. The summed E-state index contributed by atoms with van der Waals surface area (Å²) in [7, 11) is 0. The summed E-state index contributed by atoms with van der Waals surface area (Å²) in [6.45, 7) is 1.96. The molecule has 0 aliphatic carbocycles. The third-order valence-corrected chi connectivity index (χ3v) is 3.42. The maximum Gasteiger partial charge on any atom is 0.194 e. The molecule has 3 heteroatoms. The molecule has 1 nitrogen and oxygen atoms in total. The number of rotatable bonds is 2. The third kappa shape index (κ3) is 2.76. The first-order valence-electron chi connectivity index (χ1n) is 5.14. The predicted molar refractivity (Wildman–Crippen MR) is 73.8 cm³/mol. The van der Waals surface area contributed by atoms with Crippen molar-refractivity contribution in [2.24, 2.45) is 0 Å². The van der Waals surface area contributed by atoms with Crippen LogP contribution in [0.1, 0.15) is 21.5 Å². The van der Waals surface area contributed by atoms with Crippen LogP contribution in [0.3, 0.4) is 0 Å². The van der Waals surface area contributed by atoms with Gasteiger partial charge in [-0.25, -0.2) is 0 Å². The van der Waals surface area contributed by atoms with E-state index in [4.69, 9.17) is 11.6 Å². The number of hydrogen-bond acceptors (Lipinski definition) is 1. The Labute approximate surface area is 114 Å². The molecular weight excluding hydrogens is 300 g/mol. The maximum atomic E-state index is 12.3. The molecule has 0 bridgehead atoms. The van der Waals surface area contributed by atoms with Crippen molar-refractivity contribution in [3.63, 3.8) is 0 Å². The van der Waals surface area contributed by atoms with E-state index in [0.717, 1.165) is 10.0 Å². The van der Waals surface area contributed by atoms with E-state index in [1.807, 2.05) is 25.1 Å². The van der Waals surface area contributed by atoms with E-state index >= 15 is 0 Å². The molecular formula is C14H10BrClO. The van der Waals surface area contributed by atoms with Crippen LogP contribution in [0.4, 0.5) is 0 Å². The van der Waals surface area contributed by atoms with Crippen molar-refractivity contribution in [2.45, 2.75) is 6.92 Å². The van der Waals surface area contributed by atoms with E-state index in [1.165, 1.54) is 0 Å². The lowest BCUT2D eigenvalue weighted by atomic mass is 10.0. The highest BCUT2D eigenvalue weighted by Gasteiger charge is 2.12. The van der Waals surface area contributed by atoms with Crippen molar-refractivity contribution in [2.75, 3.05) is 0 Å². The Hall–Kier alpha value is -1.12. The van der Waals surface area contributed by atoms with Crippen molar-refractivity contribution in [1.82, 2.24) is 0 Å². The Morgan fingerprint density at radius 1 is 1.12 bits per heavy atom. The summed E-state index contributed by atoms with van der Waals surface area (Å²) in [6.07, 6.45) is 0. The fourth-order valence-electron chi connectivity index (χ4n) is 1.57. The second-order valence-corrected chi connectivity index (χ2v) is 5.11. The normalized spacial score (nSPS) is 10.3. The van der Waals surface area contributed by atoms with Crippen LogP contribution >= 0.6 is 27.5 Å². The van der Waals surface area contributed by atoms with Crippen LogP contribution in [0.15, 0.2) is 46.9 Å². The monoisotopic (exact) mass is 308 g/mol. The molecule has 0 saturated heterocycles. The van der Waals surface area contributed by atoms with E-state index in [2.05, 4.69) is 15.9 Å². The summed E-state index contributed by atoms with van der Waals surface area (Å²) in [6, 6.07) is 12.6. The van der Waals surface area contributed by atoms with Crippen LogP contribution in [0.2, 0.25) is 5.02 Å². The first-order valence-corrected chi connectivity index (χ1v) is 6.31. The zero-order valence-corrected chi connectivity index (χ0v) is 11.5. The largest absolute Gasteiger partial charge is 0.289 e. The van der Waals surface area contributed by atoms with Crippen molar-refractivity contribution in [3.8, 4) is 0 Å². The Balaban J connectivity index is 2.43. The standard InChI is InChI=1S/C14H10BrClO/c1-9-2-7-13(15)12(8-9)14(17)10-3-5-11(16)6-4-10/h2-8H,1H3. The number of hydrogen-bond donors (Lipinski definition) is 0. The fraction of sp³-hybridized carbons (Fsp3) is 0.0714. The second kappa shape index (κ2) is 5.03. The van der Waals surface area contributed by atoms with Crippen molar-refractivity contribution < 1.29 is 4.79 Å². The van der Waals surface area contributed by atoms with E-state index in [-0.39, 0.29) is 5.78 Å². The number of carbonyl (C=O) groups is 1. The van der Waals surface area contributed by atoms with Crippen molar-refractivity contribution >= 4 is 33.3 Å². The molecule has 0 heterocycles. The van der Waals surface area contributed by atoms with Crippen LogP contribution in [-0.4, -0.2) is 5.78 Å². The third-order valence-electron chi connectivity index (χ3n) is 2.47. The zero-order chi connectivity index (χ0) is 12.4. The van der Waals surface area contributed by atoms with E-state index < -0.39 is 0 Å². The Morgan fingerprint density at radius 2 is 1.76 bits per heavy atom. The van der Waals surface area contributed by atoms with Gasteiger partial charge in [0.15, 0.2) is 5.78 Å². The summed E-state index contributed by atoms with van der Waals surface area (Å²) < 4.78 is 0.808. The molecule has 2 aromatic rings. The quantitative estimate of drug-likeness (QED) is 0.738. The zero-order valence-electron chi connectivity index (χ0n) is 9.21. The van der Waals surface area contributed by atoms with Gasteiger partial charge in [0, 0.05) is 20.6 Å². The fourth-order valence-corrected chi connectivity index (χ4v) is 2.12. The van der Waals surface area contributed by atoms with Crippen LogP contribution in [0, 0.1) is 6.92 Å². The number of benzene rings is 2. The van der Waals surface area contributed by atoms with E-state index in [9.17, 15) is 4.79 Å². The molecule has 0 aromatic heterocycles. The number of carbonyl (C=O) groups excluding carboxylic acids is 1. The molecule has 0 saturated carbocycles. The summed E-state index contributed by atoms with van der Waals surface area (Å²) in [5.74, 6) is -0.00255. The molecule has 0 aliphatic rings. The molecule has 0 radical (unpaired) electrons. The Morgan fingerprint density at radius 3 is 2.41 bits per heavy atom. The molecule has 0 unspecified atom stereocenters. The van der Waals surface area contributed by atoms with Crippen molar-refractivity contribution in [3.05, 3.63) is 68.7 Å². The maximum absolute atomic E-state index is 12.3. The first-order chi connectivity index (χ1) is 8.08. The summed E-state index contributed by atoms with van der Waals surface area (Å²) in [5.41, 5.74) is 2.37. The lowest BCUT2D eigenvalue weighted by Crippen LogP contribution is -2.02. The van der Waals surface area contributed by atoms with Gasteiger partial charge in [0.25, 0.3) is 0 Å². The van der Waals surface area contributed by atoms with Gasteiger partial charge in [-0.05, 0) is 43.3 Å².